The second-order valence-corrected chi connectivity index (χ2v) is 7.46. The standard InChI is InChI=1S/C15H20F2N2O5S/c16-15(17)24-13-5-3-11(4-6-13)7-8-18-25(22,23)19-9-1-2-12(10-19)14(20)21/h3-6,12,15,18H,1-2,7-10H2,(H,20,21). The van der Waals surface area contributed by atoms with Gasteiger partial charge in [0.05, 0.1) is 5.92 Å². The van der Waals surface area contributed by atoms with Gasteiger partial charge in [0, 0.05) is 19.6 Å². The van der Waals surface area contributed by atoms with Crippen molar-refractivity contribution in [2.24, 2.45) is 5.92 Å². The lowest BCUT2D eigenvalue weighted by Gasteiger charge is -2.29. The van der Waals surface area contributed by atoms with Gasteiger partial charge in [0.25, 0.3) is 10.2 Å². The number of ether oxygens (including phenoxy) is 1. The number of carboxylic acids is 1. The molecule has 0 aliphatic carbocycles. The Morgan fingerprint density at radius 3 is 2.64 bits per heavy atom. The minimum atomic E-state index is -3.75. The van der Waals surface area contributed by atoms with Crippen molar-refractivity contribution < 1.29 is 31.8 Å². The average Bonchev–Trinajstić information content (AvgIpc) is 2.56. The zero-order valence-corrected chi connectivity index (χ0v) is 14.2. The molecule has 140 valence electrons. The van der Waals surface area contributed by atoms with E-state index >= 15 is 0 Å². The summed E-state index contributed by atoms with van der Waals surface area (Å²) in [6.07, 6.45) is 1.34. The van der Waals surface area contributed by atoms with E-state index in [2.05, 4.69) is 9.46 Å². The molecular formula is C15H20F2N2O5S. The number of aliphatic carboxylic acids is 1. The summed E-state index contributed by atoms with van der Waals surface area (Å²) >= 11 is 0. The van der Waals surface area contributed by atoms with Crippen molar-refractivity contribution in [3.63, 3.8) is 0 Å². The molecule has 0 spiro atoms. The van der Waals surface area contributed by atoms with E-state index in [0.717, 1.165) is 9.87 Å². The van der Waals surface area contributed by atoms with Gasteiger partial charge in [0.1, 0.15) is 5.75 Å². The normalized spacial score (nSPS) is 19.1. The molecule has 1 fully saturated rings. The second kappa shape index (κ2) is 8.54. The predicted molar refractivity (Wildman–Crippen MR) is 85.6 cm³/mol. The maximum atomic E-state index is 12.2. The van der Waals surface area contributed by atoms with Crippen molar-refractivity contribution in [2.75, 3.05) is 19.6 Å². The Kier molecular flexibility index (Phi) is 6.68. The van der Waals surface area contributed by atoms with Crippen LogP contribution in [0.15, 0.2) is 24.3 Å². The van der Waals surface area contributed by atoms with Crippen LogP contribution in [0.4, 0.5) is 8.78 Å². The van der Waals surface area contributed by atoms with Gasteiger partial charge in [-0.2, -0.15) is 21.5 Å². The van der Waals surface area contributed by atoms with Crippen LogP contribution in [0.3, 0.4) is 0 Å². The van der Waals surface area contributed by atoms with Gasteiger partial charge in [-0.3, -0.25) is 4.79 Å². The molecule has 1 saturated heterocycles. The summed E-state index contributed by atoms with van der Waals surface area (Å²) in [5.74, 6) is -1.65. The number of nitrogens with zero attached hydrogens (tertiary/aromatic N) is 1. The summed E-state index contributed by atoms with van der Waals surface area (Å²) in [4.78, 5) is 11.0. The van der Waals surface area contributed by atoms with Gasteiger partial charge in [-0.1, -0.05) is 12.1 Å². The fourth-order valence-corrected chi connectivity index (χ4v) is 3.90. The number of carbonyl (C=O) groups is 1. The van der Waals surface area contributed by atoms with E-state index in [1.807, 2.05) is 0 Å². The Bertz CT molecular complexity index is 682. The van der Waals surface area contributed by atoms with E-state index < -0.39 is 28.7 Å². The lowest BCUT2D eigenvalue weighted by molar-refractivity contribution is -0.142. The fourth-order valence-electron chi connectivity index (χ4n) is 2.62. The summed E-state index contributed by atoms with van der Waals surface area (Å²) < 4.78 is 56.4. The number of piperidine rings is 1. The lowest BCUT2D eigenvalue weighted by Crippen LogP contribution is -2.47. The highest BCUT2D eigenvalue weighted by Gasteiger charge is 2.31. The Morgan fingerprint density at radius 1 is 1.36 bits per heavy atom. The molecule has 1 aliphatic heterocycles. The number of benzene rings is 1. The van der Waals surface area contributed by atoms with Crippen LogP contribution in [0, 0.1) is 5.92 Å². The maximum Gasteiger partial charge on any atom is 0.387 e. The van der Waals surface area contributed by atoms with Gasteiger partial charge < -0.3 is 9.84 Å². The molecule has 0 bridgehead atoms. The van der Waals surface area contributed by atoms with Gasteiger partial charge in [0.15, 0.2) is 0 Å². The largest absolute Gasteiger partial charge is 0.481 e. The first-order valence-electron chi connectivity index (χ1n) is 7.79. The molecule has 1 unspecified atom stereocenters. The number of nitrogens with one attached hydrogen (secondary N) is 1. The van der Waals surface area contributed by atoms with E-state index in [9.17, 15) is 22.0 Å². The van der Waals surface area contributed by atoms with Crippen molar-refractivity contribution in [1.82, 2.24) is 9.03 Å². The van der Waals surface area contributed by atoms with Gasteiger partial charge in [0.2, 0.25) is 0 Å². The number of alkyl halides is 2. The van der Waals surface area contributed by atoms with E-state index in [4.69, 9.17) is 5.11 Å². The molecule has 1 atom stereocenters. The predicted octanol–water partition coefficient (Wildman–Crippen LogP) is 1.46. The van der Waals surface area contributed by atoms with Crippen LogP contribution < -0.4 is 9.46 Å². The lowest BCUT2D eigenvalue weighted by atomic mass is 10.0. The minimum absolute atomic E-state index is 0.0346. The van der Waals surface area contributed by atoms with Crippen LogP contribution in [-0.2, 0) is 21.4 Å². The Hall–Kier alpha value is -1.78. The van der Waals surface area contributed by atoms with Crippen molar-refractivity contribution in [1.29, 1.82) is 0 Å². The van der Waals surface area contributed by atoms with Crippen molar-refractivity contribution in [2.45, 2.75) is 25.9 Å². The van der Waals surface area contributed by atoms with E-state index in [1.54, 1.807) is 12.1 Å². The molecule has 0 saturated carbocycles. The van der Waals surface area contributed by atoms with E-state index in [0.29, 0.717) is 25.8 Å². The number of halogens is 2. The number of hydrogen-bond donors (Lipinski definition) is 2. The van der Waals surface area contributed by atoms with Gasteiger partial charge in [-0.15, -0.1) is 0 Å². The zero-order chi connectivity index (χ0) is 18.4. The Balaban J connectivity index is 1.84. The van der Waals surface area contributed by atoms with Gasteiger partial charge >= 0.3 is 12.6 Å². The third-order valence-electron chi connectivity index (χ3n) is 3.92. The second-order valence-electron chi connectivity index (χ2n) is 5.71. The maximum absolute atomic E-state index is 12.2. The van der Waals surface area contributed by atoms with Gasteiger partial charge in [-0.05, 0) is 37.0 Å². The molecule has 0 amide bonds. The highest BCUT2D eigenvalue weighted by Crippen LogP contribution is 2.19. The van der Waals surface area contributed by atoms with Crippen LogP contribution >= 0.6 is 0 Å². The van der Waals surface area contributed by atoms with E-state index in [1.165, 1.54) is 12.1 Å². The molecule has 2 rings (SSSR count). The summed E-state index contributed by atoms with van der Waals surface area (Å²) in [5.41, 5.74) is 0.756. The average molecular weight is 378 g/mol. The molecule has 0 radical (unpaired) electrons. The minimum Gasteiger partial charge on any atom is -0.481 e. The van der Waals surface area contributed by atoms with Crippen LogP contribution in [0.1, 0.15) is 18.4 Å². The molecule has 10 heteroatoms. The zero-order valence-electron chi connectivity index (χ0n) is 13.4. The fraction of sp³-hybridized carbons (Fsp3) is 0.533. The van der Waals surface area contributed by atoms with Crippen LogP contribution in [0.25, 0.3) is 0 Å². The highest BCUT2D eigenvalue weighted by molar-refractivity contribution is 7.87. The topological polar surface area (TPSA) is 95.9 Å². The molecule has 1 aromatic rings. The smallest absolute Gasteiger partial charge is 0.387 e. The monoisotopic (exact) mass is 378 g/mol. The molecule has 7 nitrogen and oxygen atoms in total. The molecule has 25 heavy (non-hydrogen) atoms. The first-order valence-corrected chi connectivity index (χ1v) is 9.23. The SMILES string of the molecule is O=C(O)C1CCCN(S(=O)(=O)NCCc2ccc(OC(F)F)cc2)C1. The van der Waals surface area contributed by atoms with Crippen molar-refractivity contribution in [3.05, 3.63) is 29.8 Å². The summed E-state index contributed by atoms with van der Waals surface area (Å²) in [7, 11) is -3.75. The number of rotatable bonds is 8. The third kappa shape index (κ3) is 5.91. The first kappa shape index (κ1) is 19.5. The quantitative estimate of drug-likeness (QED) is 0.714. The molecule has 2 N–H and O–H groups in total. The van der Waals surface area contributed by atoms with Crippen molar-refractivity contribution >= 4 is 16.2 Å². The highest BCUT2D eigenvalue weighted by atomic mass is 32.2. The Morgan fingerprint density at radius 2 is 2.04 bits per heavy atom. The van der Waals surface area contributed by atoms with Crippen LogP contribution in [-0.4, -0.2) is 50.0 Å². The van der Waals surface area contributed by atoms with Gasteiger partial charge in [-0.25, -0.2) is 4.72 Å². The molecule has 1 heterocycles. The first-order chi connectivity index (χ1) is 11.8. The molecule has 1 aliphatic rings. The summed E-state index contributed by atoms with van der Waals surface area (Å²) in [6, 6.07) is 5.93. The summed E-state index contributed by atoms with van der Waals surface area (Å²) in [5, 5.41) is 9.02. The molecule has 0 aromatic heterocycles. The third-order valence-corrected chi connectivity index (χ3v) is 5.50. The number of hydrogen-bond acceptors (Lipinski definition) is 4. The van der Waals surface area contributed by atoms with Crippen molar-refractivity contribution in [3.8, 4) is 5.75 Å². The van der Waals surface area contributed by atoms with E-state index in [-0.39, 0.29) is 18.8 Å². The number of carboxylic acid groups (broad SMARTS) is 1. The molecular weight excluding hydrogens is 358 g/mol. The Labute approximate surface area is 144 Å². The summed E-state index contributed by atoms with van der Waals surface area (Å²) in [6.45, 7) is -2.52. The van der Waals surface area contributed by atoms with Crippen LogP contribution in [0.2, 0.25) is 0 Å². The molecule has 1 aromatic carbocycles. The van der Waals surface area contributed by atoms with Crippen LogP contribution in [0.5, 0.6) is 5.75 Å².